The first-order chi connectivity index (χ1) is 10.2. The molecule has 1 aliphatic heterocycles. The second-order valence-electron chi connectivity index (χ2n) is 5.47. The molecule has 1 heterocycles. The summed E-state index contributed by atoms with van der Waals surface area (Å²) in [6.45, 7) is 3.84. The van der Waals surface area contributed by atoms with Crippen LogP contribution in [0.2, 0.25) is 0 Å². The Kier molecular flexibility index (Phi) is 4.52. The minimum Gasteiger partial charge on any atom is -0.483 e. The van der Waals surface area contributed by atoms with Crippen LogP contribution in [-0.2, 0) is 20.0 Å². The first-order valence-electron chi connectivity index (χ1n) is 6.72. The Hall–Kier alpha value is -1.56. The highest BCUT2D eigenvalue weighted by atomic mass is 31.2. The van der Waals surface area contributed by atoms with Crippen LogP contribution in [0, 0.1) is 0 Å². The zero-order valence-electron chi connectivity index (χ0n) is 13.3. The van der Waals surface area contributed by atoms with Crippen molar-refractivity contribution in [1.82, 2.24) is 5.32 Å². The number of carbonyl (C=O) groups excluding carboxylic acids is 1. The molecule has 0 bridgehead atoms. The van der Waals surface area contributed by atoms with Gasteiger partial charge in [-0.3, -0.25) is 4.57 Å². The predicted octanol–water partition coefficient (Wildman–Crippen LogP) is 2.23. The van der Waals surface area contributed by atoms with Crippen molar-refractivity contribution in [1.29, 1.82) is 0 Å². The topological polar surface area (TPSA) is 83.1 Å². The molecule has 1 N–H and O–H groups in total. The van der Waals surface area contributed by atoms with Gasteiger partial charge in [0, 0.05) is 39.3 Å². The average Bonchev–Trinajstić information content (AvgIpc) is 2.80. The summed E-state index contributed by atoms with van der Waals surface area (Å²) in [5.74, 6) is 0.655. The summed E-state index contributed by atoms with van der Waals surface area (Å²) in [4.78, 5) is 11.5. The van der Waals surface area contributed by atoms with Gasteiger partial charge < -0.3 is 23.8 Å². The largest absolute Gasteiger partial charge is 0.483 e. The van der Waals surface area contributed by atoms with Gasteiger partial charge in [0.05, 0.1) is 5.30 Å². The fourth-order valence-corrected chi connectivity index (χ4v) is 3.49. The molecule has 0 atom stereocenters. The van der Waals surface area contributed by atoms with Crippen LogP contribution in [0.1, 0.15) is 19.4 Å². The molecule has 1 aromatic carbocycles. The lowest BCUT2D eigenvalue weighted by atomic mass is 10.0. The highest BCUT2D eigenvalue weighted by Gasteiger charge is 2.36. The van der Waals surface area contributed by atoms with Crippen LogP contribution in [-0.4, -0.2) is 33.0 Å². The molecule has 0 spiro atoms. The van der Waals surface area contributed by atoms with Gasteiger partial charge in [0.2, 0.25) is 0 Å². The summed E-state index contributed by atoms with van der Waals surface area (Å²) in [6, 6.07) is 3.15. The summed E-state index contributed by atoms with van der Waals surface area (Å²) < 4.78 is 33.6. The summed E-state index contributed by atoms with van der Waals surface area (Å²) in [7, 11) is 0.603. The highest BCUT2D eigenvalue weighted by molar-refractivity contribution is 7.62. The molecule has 1 aliphatic rings. The fourth-order valence-electron chi connectivity index (χ4n) is 2.33. The summed E-state index contributed by atoms with van der Waals surface area (Å²) in [5, 5.41) is 2.68. The van der Waals surface area contributed by atoms with E-state index >= 15 is 0 Å². The van der Waals surface area contributed by atoms with Crippen LogP contribution in [0.15, 0.2) is 12.1 Å². The van der Waals surface area contributed by atoms with E-state index < -0.39 is 19.3 Å². The standard InChI is InChI=1S/C14H20NO6P/c1-14(2)8-9-6-10(22(17,18-4)19-5)7-11(12(9)21-14)20-13(16)15-3/h6-7H,8H2,1-5H3,(H,15,16). The second kappa shape index (κ2) is 5.91. The fraction of sp³-hybridized carbons (Fsp3) is 0.500. The van der Waals surface area contributed by atoms with E-state index in [2.05, 4.69) is 5.32 Å². The number of rotatable bonds is 4. The quantitative estimate of drug-likeness (QED) is 0.853. The van der Waals surface area contributed by atoms with Crippen molar-refractivity contribution < 1.29 is 27.9 Å². The van der Waals surface area contributed by atoms with Gasteiger partial charge in [-0.25, -0.2) is 4.79 Å². The van der Waals surface area contributed by atoms with Crippen LogP contribution < -0.4 is 20.1 Å². The van der Waals surface area contributed by atoms with E-state index in [0.717, 1.165) is 5.56 Å². The summed E-state index contributed by atoms with van der Waals surface area (Å²) >= 11 is 0. The van der Waals surface area contributed by atoms with Crippen molar-refractivity contribution in [3.63, 3.8) is 0 Å². The third kappa shape index (κ3) is 3.11. The first-order valence-corrected chi connectivity index (χ1v) is 8.26. The van der Waals surface area contributed by atoms with Gasteiger partial charge in [0.25, 0.3) is 0 Å². The van der Waals surface area contributed by atoms with Crippen LogP contribution >= 0.6 is 7.60 Å². The maximum atomic E-state index is 12.6. The SMILES string of the molecule is CNC(=O)Oc1cc(P(=O)(OC)OC)cc2c1OC(C)(C)C2. The van der Waals surface area contributed by atoms with Crippen molar-refractivity contribution in [2.75, 3.05) is 21.3 Å². The van der Waals surface area contributed by atoms with E-state index in [1.54, 1.807) is 6.07 Å². The van der Waals surface area contributed by atoms with Crippen molar-refractivity contribution in [2.45, 2.75) is 25.9 Å². The van der Waals surface area contributed by atoms with E-state index in [0.29, 0.717) is 17.5 Å². The molecule has 0 aromatic heterocycles. The molecule has 2 rings (SSSR count). The smallest absolute Gasteiger partial charge is 0.412 e. The van der Waals surface area contributed by atoms with Crippen molar-refractivity contribution in [3.05, 3.63) is 17.7 Å². The number of amides is 1. The molecule has 0 saturated carbocycles. The molecular formula is C14H20NO6P. The molecule has 0 fully saturated rings. The first kappa shape index (κ1) is 16.8. The van der Waals surface area contributed by atoms with Gasteiger partial charge in [-0.2, -0.15) is 0 Å². The van der Waals surface area contributed by atoms with Crippen LogP contribution in [0.4, 0.5) is 4.79 Å². The van der Waals surface area contributed by atoms with Crippen molar-refractivity contribution in [2.24, 2.45) is 0 Å². The number of carbonyl (C=O) groups is 1. The van der Waals surface area contributed by atoms with Gasteiger partial charge in [-0.15, -0.1) is 0 Å². The van der Waals surface area contributed by atoms with E-state index in [-0.39, 0.29) is 5.75 Å². The Morgan fingerprint density at radius 2 is 1.95 bits per heavy atom. The third-order valence-corrected chi connectivity index (χ3v) is 5.17. The Bertz CT molecular complexity index is 634. The van der Waals surface area contributed by atoms with Crippen LogP contribution in [0.25, 0.3) is 0 Å². The number of benzene rings is 1. The van der Waals surface area contributed by atoms with E-state index in [9.17, 15) is 9.36 Å². The summed E-state index contributed by atoms with van der Waals surface area (Å²) in [5.41, 5.74) is 0.349. The van der Waals surface area contributed by atoms with Crippen molar-refractivity contribution in [3.8, 4) is 11.5 Å². The lowest BCUT2D eigenvalue weighted by Gasteiger charge is -2.18. The predicted molar refractivity (Wildman–Crippen MR) is 81.2 cm³/mol. The molecule has 1 aromatic rings. The number of ether oxygens (including phenoxy) is 2. The normalized spacial score (nSPS) is 15.9. The maximum absolute atomic E-state index is 12.6. The number of nitrogens with one attached hydrogen (secondary N) is 1. The number of hydrogen-bond acceptors (Lipinski definition) is 6. The van der Waals surface area contributed by atoms with E-state index in [1.165, 1.54) is 27.3 Å². The second-order valence-corrected chi connectivity index (χ2v) is 7.71. The lowest BCUT2D eigenvalue weighted by molar-refractivity contribution is 0.133. The van der Waals surface area contributed by atoms with E-state index in [4.69, 9.17) is 18.5 Å². The molecule has 0 aliphatic carbocycles. The van der Waals surface area contributed by atoms with Gasteiger partial charge >= 0.3 is 13.7 Å². The van der Waals surface area contributed by atoms with E-state index in [1.807, 2.05) is 13.8 Å². The monoisotopic (exact) mass is 329 g/mol. The molecule has 0 radical (unpaired) electrons. The third-order valence-electron chi connectivity index (χ3n) is 3.31. The highest BCUT2D eigenvalue weighted by Crippen LogP contribution is 2.49. The van der Waals surface area contributed by atoms with Crippen LogP contribution in [0.3, 0.4) is 0 Å². The molecule has 22 heavy (non-hydrogen) atoms. The molecule has 122 valence electrons. The minimum absolute atomic E-state index is 0.187. The Morgan fingerprint density at radius 1 is 1.32 bits per heavy atom. The van der Waals surface area contributed by atoms with Crippen molar-refractivity contribution >= 4 is 19.0 Å². The van der Waals surface area contributed by atoms with Crippen LogP contribution in [0.5, 0.6) is 11.5 Å². The number of hydrogen-bond donors (Lipinski definition) is 1. The molecule has 7 nitrogen and oxygen atoms in total. The molecule has 1 amide bonds. The van der Waals surface area contributed by atoms with Gasteiger partial charge in [0.1, 0.15) is 5.60 Å². The summed E-state index contributed by atoms with van der Waals surface area (Å²) in [6.07, 6.45) is -0.0504. The van der Waals surface area contributed by atoms with Gasteiger partial charge in [-0.05, 0) is 19.9 Å². The zero-order valence-corrected chi connectivity index (χ0v) is 14.2. The zero-order chi connectivity index (χ0) is 16.5. The molecule has 8 heteroatoms. The molecule has 0 saturated heterocycles. The maximum Gasteiger partial charge on any atom is 0.412 e. The molecule has 0 unspecified atom stereocenters. The Labute approximate surface area is 129 Å². The number of fused-ring (bicyclic) bond motifs is 1. The molecular weight excluding hydrogens is 309 g/mol. The average molecular weight is 329 g/mol. The minimum atomic E-state index is -3.45. The Balaban J connectivity index is 2.55. The van der Waals surface area contributed by atoms with Gasteiger partial charge in [-0.1, -0.05) is 0 Å². The van der Waals surface area contributed by atoms with Gasteiger partial charge in [0.15, 0.2) is 11.5 Å². The Morgan fingerprint density at radius 3 is 2.50 bits per heavy atom. The lowest BCUT2D eigenvalue weighted by Crippen LogP contribution is -2.25.